The third-order valence-corrected chi connectivity index (χ3v) is 1.54. The van der Waals surface area contributed by atoms with Gasteiger partial charge in [-0.05, 0) is 44.0 Å². The van der Waals surface area contributed by atoms with E-state index in [9.17, 15) is 44.3 Å². The maximum absolute atomic E-state index is 11.9. The van der Waals surface area contributed by atoms with Crippen LogP contribution in [0.2, 0.25) is 0 Å². The summed E-state index contributed by atoms with van der Waals surface area (Å²) in [6, 6.07) is 0. The lowest BCUT2D eigenvalue weighted by atomic mass is 10.3. The van der Waals surface area contributed by atoms with Gasteiger partial charge in [0.25, 0.3) is 6.10 Å². The van der Waals surface area contributed by atoms with Crippen molar-refractivity contribution in [2.45, 2.75) is 61.9 Å². The lowest BCUT2D eigenvalue weighted by Crippen LogP contribution is -2.46. The summed E-state index contributed by atoms with van der Waals surface area (Å²) in [5, 5.41) is 8.06. The van der Waals surface area contributed by atoms with E-state index in [4.69, 9.17) is 54.6 Å². The minimum atomic E-state index is -6.03. The van der Waals surface area contributed by atoms with Crippen LogP contribution in [-0.4, -0.2) is 57.1 Å². The van der Waals surface area contributed by atoms with Crippen molar-refractivity contribution in [2.75, 3.05) is 0 Å². The van der Waals surface area contributed by atoms with Crippen LogP contribution in [0.3, 0.4) is 0 Å². The van der Waals surface area contributed by atoms with Gasteiger partial charge in [0.2, 0.25) is 0 Å². The van der Waals surface area contributed by atoms with Crippen LogP contribution in [-0.2, 0) is 9.47 Å². The molecule has 0 aromatic rings. The summed E-state index contributed by atoms with van der Waals surface area (Å²) >= 11 is 23.2. The Morgan fingerprint density at radius 1 is 0.727 bits per heavy atom. The van der Waals surface area contributed by atoms with E-state index in [0.29, 0.717) is 0 Å². The molecule has 0 saturated heterocycles. The van der Waals surface area contributed by atoms with E-state index in [1.807, 2.05) is 0 Å². The SMILES string of the molecule is CC(C)O.CC(OC(=O)OC(C(F)(F)F)C(F)(F)F)C(F)(F)F.ClC(Cl)Cl.O=C(Cl)Cl.O=O. The van der Waals surface area contributed by atoms with E-state index >= 15 is 0 Å². The average molecular weight is 618 g/mol. The molecule has 0 aliphatic heterocycles. The molecule has 0 rings (SSSR count). The van der Waals surface area contributed by atoms with Crippen LogP contribution in [0.1, 0.15) is 20.8 Å². The molecule has 0 aliphatic carbocycles. The summed E-state index contributed by atoms with van der Waals surface area (Å²) in [6.45, 7) is 3.65. The second-order valence-corrected chi connectivity index (χ2v) is 7.56. The smallest absolute Gasteiger partial charge is 0.422 e. The molecule has 0 spiro atoms. The Kier molecular flexibility index (Phi) is 26.6. The van der Waals surface area contributed by atoms with Gasteiger partial charge < -0.3 is 14.6 Å². The van der Waals surface area contributed by atoms with Crippen LogP contribution in [0, 0.1) is 9.93 Å². The van der Waals surface area contributed by atoms with Crippen molar-refractivity contribution in [3.05, 3.63) is 9.93 Å². The van der Waals surface area contributed by atoms with Crippen LogP contribution in [0.4, 0.5) is 49.1 Å². The van der Waals surface area contributed by atoms with Crippen molar-refractivity contribution in [1.29, 1.82) is 0 Å². The molecule has 7 nitrogen and oxygen atoms in total. The van der Waals surface area contributed by atoms with E-state index in [1.165, 1.54) is 0 Å². The molecule has 0 saturated carbocycles. The van der Waals surface area contributed by atoms with Gasteiger partial charge >= 0.3 is 29.4 Å². The third-order valence-electron chi connectivity index (χ3n) is 1.54. The fraction of sp³-hybridized carbons (Fsp3) is 0.833. The Hall–Kier alpha value is -0.680. The number of alkyl halides is 12. The van der Waals surface area contributed by atoms with Gasteiger partial charge in [-0.15, -0.1) is 0 Å². The highest BCUT2D eigenvalue weighted by Crippen LogP contribution is 2.36. The van der Waals surface area contributed by atoms with Crippen molar-refractivity contribution in [3.8, 4) is 0 Å². The van der Waals surface area contributed by atoms with Crippen LogP contribution < -0.4 is 0 Å². The molecule has 0 aromatic carbocycles. The average Bonchev–Trinajstić information content (AvgIpc) is 2.49. The molecule has 1 N–H and O–H groups in total. The number of hydrogen-bond acceptors (Lipinski definition) is 7. The zero-order valence-electron chi connectivity index (χ0n) is 16.0. The van der Waals surface area contributed by atoms with Crippen LogP contribution >= 0.6 is 58.0 Å². The number of halogens is 14. The number of aliphatic hydroxyl groups is 1. The monoisotopic (exact) mass is 616 g/mol. The number of aliphatic hydroxyl groups excluding tert-OH is 1. The molecule has 1 atom stereocenters. The van der Waals surface area contributed by atoms with E-state index < -0.39 is 45.9 Å². The van der Waals surface area contributed by atoms with E-state index in [-0.39, 0.29) is 13.0 Å². The maximum atomic E-state index is 11.9. The molecule has 0 fully saturated rings. The molecule has 0 heterocycles. The Bertz CT molecular complexity index is 488. The molecular formula is C12H14Cl5F9O7. The Morgan fingerprint density at radius 3 is 1.09 bits per heavy atom. The van der Waals surface area contributed by atoms with Gasteiger partial charge in [0.1, 0.15) is 0 Å². The Labute approximate surface area is 204 Å². The first-order valence-corrected chi connectivity index (χ1v) is 9.11. The zero-order valence-corrected chi connectivity index (χ0v) is 19.8. The van der Waals surface area contributed by atoms with Crippen molar-refractivity contribution in [2.24, 2.45) is 0 Å². The number of ether oxygens (including phenoxy) is 2. The van der Waals surface area contributed by atoms with E-state index in [2.05, 4.69) is 32.7 Å². The van der Waals surface area contributed by atoms with Crippen LogP contribution in [0.15, 0.2) is 0 Å². The first-order chi connectivity index (χ1) is 14.3. The lowest BCUT2D eigenvalue weighted by molar-refractivity contribution is -0.313. The molecule has 202 valence electrons. The fourth-order valence-corrected chi connectivity index (χ4v) is 0.654. The number of rotatable bonds is 2. The van der Waals surface area contributed by atoms with E-state index in [0.717, 1.165) is 0 Å². The van der Waals surface area contributed by atoms with Crippen LogP contribution in [0.5, 0.6) is 0 Å². The molecule has 0 aromatic heterocycles. The number of hydrogen-bond donors (Lipinski definition) is 1. The Balaban J connectivity index is -0.000000152. The normalized spacial score (nSPS) is 11.9. The highest BCUT2D eigenvalue weighted by atomic mass is 35.6. The minimum Gasteiger partial charge on any atom is -0.422 e. The van der Waals surface area contributed by atoms with E-state index in [1.54, 1.807) is 13.8 Å². The summed E-state index contributed by atoms with van der Waals surface area (Å²) < 4.78 is 111. The maximum Gasteiger partial charge on any atom is 0.509 e. The summed E-state index contributed by atoms with van der Waals surface area (Å²) in [6.07, 6.45) is -27.6. The first kappa shape index (κ1) is 42.5. The van der Waals surface area contributed by atoms with Gasteiger partial charge in [-0.25, -0.2) is 4.79 Å². The van der Waals surface area contributed by atoms with Gasteiger partial charge in [0.15, 0.2) is 10.4 Å². The van der Waals surface area contributed by atoms with Gasteiger partial charge in [-0.2, -0.15) is 39.5 Å². The minimum absolute atomic E-state index is 0.167. The predicted octanol–water partition coefficient (Wildman–Crippen LogP) is 7.61. The number of carbonyl (C=O) groups excluding carboxylic acids is 2. The largest absolute Gasteiger partial charge is 0.509 e. The molecule has 1 unspecified atom stereocenters. The second kappa shape index (κ2) is 20.7. The quantitative estimate of drug-likeness (QED) is 0.147. The summed E-state index contributed by atoms with van der Waals surface area (Å²) in [4.78, 5) is 33.4. The summed E-state index contributed by atoms with van der Waals surface area (Å²) in [7, 11) is 0. The van der Waals surface area contributed by atoms with Crippen molar-refractivity contribution in [1.82, 2.24) is 0 Å². The van der Waals surface area contributed by atoms with Crippen molar-refractivity contribution >= 4 is 68.9 Å². The van der Waals surface area contributed by atoms with Crippen molar-refractivity contribution in [3.63, 3.8) is 0 Å². The zero-order chi connectivity index (χ0) is 28.4. The first-order valence-electron chi connectivity index (χ1n) is 7.04. The van der Waals surface area contributed by atoms with Crippen molar-refractivity contribution < 1.29 is 63.7 Å². The predicted molar refractivity (Wildman–Crippen MR) is 102 cm³/mol. The molecular weight excluding hydrogens is 604 g/mol. The number of carbonyl (C=O) groups is 2. The summed E-state index contributed by atoms with van der Waals surface area (Å²) in [5.74, 6) is 0. The highest BCUT2D eigenvalue weighted by molar-refractivity contribution is 6.93. The second-order valence-electron chi connectivity index (χ2n) is 4.70. The standard InChI is InChI=1S/C7H5F9O3.C3H8O.CHCl3.CCl2O.O2/c1-2(5(8,9)10)18-4(17)19-3(6(11,12)13)7(14,15)16;1-3(2)4;2*2-1(3)4;1-2/h2-3H,1H3;3-4H,1-2H3;1H;;. The summed E-state index contributed by atoms with van der Waals surface area (Å²) in [5.41, 5.74) is 0. The molecule has 0 radical (unpaired) electrons. The van der Waals surface area contributed by atoms with Gasteiger partial charge in [-0.1, -0.05) is 34.8 Å². The fourth-order valence-electron chi connectivity index (χ4n) is 0.654. The molecule has 0 bridgehead atoms. The van der Waals surface area contributed by atoms with Gasteiger partial charge in [0, 0.05) is 16.0 Å². The van der Waals surface area contributed by atoms with Crippen LogP contribution in [0.25, 0.3) is 0 Å². The molecule has 21 heteroatoms. The molecule has 0 amide bonds. The lowest BCUT2D eigenvalue weighted by Gasteiger charge is -2.23. The highest BCUT2D eigenvalue weighted by Gasteiger charge is 2.60. The Morgan fingerprint density at radius 2 is 0.939 bits per heavy atom. The third kappa shape index (κ3) is 42.0. The van der Waals surface area contributed by atoms with Gasteiger partial charge in [-0.3, -0.25) is 4.79 Å². The van der Waals surface area contributed by atoms with Gasteiger partial charge in [0.05, 0.1) is 0 Å². The molecule has 33 heavy (non-hydrogen) atoms. The molecule has 0 aliphatic rings. The topological polar surface area (TPSA) is 107 Å².